The molecule has 12 rings (SSSR count). The Kier molecular flexibility index (Phi) is 21.4. The van der Waals surface area contributed by atoms with Crippen molar-refractivity contribution in [2.75, 3.05) is 39.5 Å². The third kappa shape index (κ3) is 17.0. The molecule has 3 amide bonds. The highest BCUT2D eigenvalue weighted by atomic mass is 19.4. The molecule has 21 heteroatoms. The van der Waals surface area contributed by atoms with Crippen LogP contribution >= 0.6 is 0 Å². The Labute approximate surface area is 556 Å². The Bertz CT molecular complexity index is 3280. The minimum Gasteiger partial charge on any atom is -0.372 e. The molecule has 96 heavy (non-hydrogen) atoms. The number of alkyl halides is 9. The average molecular weight is 1340 g/mol. The average Bonchev–Trinajstić information content (AvgIpc) is 1.37. The summed E-state index contributed by atoms with van der Waals surface area (Å²) >= 11 is 0. The monoisotopic (exact) mass is 1340 g/mol. The van der Waals surface area contributed by atoms with Gasteiger partial charge in [-0.3, -0.25) is 14.4 Å². The zero-order chi connectivity index (χ0) is 69.0. The van der Waals surface area contributed by atoms with Crippen LogP contribution in [0.5, 0.6) is 0 Å². The molecule has 0 bridgehead atoms. The highest BCUT2D eigenvalue weighted by molar-refractivity contribution is 5.80. The zero-order valence-electron chi connectivity index (χ0n) is 55.2. The predicted molar refractivity (Wildman–Crippen MR) is 348 cm³/mol. The molecule has 0 aromatic heterocycles. The van der Waals surface area contributed by atoms with Gasteiger partial charge in [0, 0.05) is 38.9 Å². The van der Waals surface area contributed by atoms with Gasteiger partial charge in [0.05, 0.1) is 88.1 Å². The Balaban J connectivity index is 0.000000157. The van der Waals surface area contributed by atoms with Crippen LogP contribution in [-0.4, -0.2) is 73.8 Å². The topological polar surface area (TPSA) is 151 Å². The van der Waals surface area contributed by atoms with Crippen molar-refractivity contribution in [3.8, 4) is 0 Å². The van der Waals surface area contributed by atoms with E-state index in [0.29, 0.717) is 92.1 Å². The van der Waals surface area contributed by atoms with E-state index < -0.39 is 70.1 Å². The minimum atomic E-state index is -4.39. The van der Waals surface area contributed by atoms with Gasteiger partial charge < -0.3 is 46.1 Å². The summed E-state index contributed by atoms with van der Waals surface area (Å²) < 4.78 is 138. The van der Waals surface area contributed by atoms with Gasteiger partial charge in [-0.15, -0.1) is 0 Å². The first-order chi connectivity index (χ1) is 45.3. The van der Waals surface area contributed by atoms with Crippen molar-refractivity contribution < 1.29 is 68.1 Å². The van der Waals surface area contributed by atoms with Crippen molar-refractivity contribution in [3.63, 3.8) is 0 Å². The molecule has 0 unspecified atom stereocenters. The first-order valence-electron chi connectivity index (χ1n) is 33.1. The summed E-state index contributed by atoms with van der Waals surface area (Å²) in [5.41, 5.74) is 2.37. The number of hydrogen-bond acceptors (Lipinski definition) is 9. The number of carbonyl (C=O) groups is 3. The first kappa shape index (κ1) is 71.6. The molecular weight excluding hydrogens is 1250 g/mol. The van der Waals surface area contributed by atoms with Crippen LogP contribution in [0.2, 0.25) is 0 Å². The molecule has 6 aromatic carbocycles. The van der Waals surface area contributed by atoms with Crippen LogP contribution in [0.15, 0.2) is 146 Å². The number of aryl methyl sites for hydroxylation is 3. The fourth-order valence-electron chi connectivity index (χ4n) is 14.5. The number of carbonyl (C=O) groups excluding carboxylic acids is 3. The lowest BCUT2D eigenvalue weighted by atomic mass is 9.76. The van der Waals surface area contributed by atoms with E-state index in [2.05, 4.69) is 31.9 Å². The molecule has 0 radical (unpaired) electrons. The van der Waals surface area contributed by atoms with Crippen molar-refractivity contribution in [2.24, 2.45) is 0 Å². The molecule has 0 aliphatic carbocycles. The van der Waals surface area contributed by atoms with Crippen molar-refractivity contribution in [2.45, 2.75) is 189 Å². The highest BCUT2D eigenvalue weighted by Crippen LogP contribution is 2.44. The van der Waals surface area contributed by atoms with Gasteiger partial charge in [-0.25, -0.2) is 0 Å². The van der Waals surface area contributed by atoms with Crippen molar-refractivity contribution in [1.82, 2.24) is 31.9 Å². The van der Waals surface area contributed by atoms with E-state index >= 15 is 0 Å². The Morgan fingerprint density at radius 1 is 0.365 bits per heavy atom. The standard InChI is InChI=1S/3C25H29F3N2O2/c3*1-17-12-19(14-21(13-17)25(26,27)28)18(2)32-16-24(20-6-4-3-5-7-20)11-10-23(15-29-24)9-8-22(31)30-23/h3*3-7,12-14,18,29H,8-11,15-16H2,1-2H3,(H,30,31)/t18-,23+,24-;18-,23-,24+;18-,23-,24-/m000/s1. The van der Waals surface area contributed by atoms with Crippen LogP contribution in [-0.2, 0) is 63.7 Å². The maximum Gasteiger partial charge on any atom is 0.416 e. The fourth-order valence-corrected chi connectivity index (χ4v) is 14.5. The van der Waals surface area contributed by atoms with Gasteiger partial charge in [0.25, 0.3) is 0 Å². The molecule has 6 aliphatic heterocycles. The largest absolute Gasteiger partial charge is 0.416 e. The number of amides is 3. The smallest absolute Gasteiger partial charge is 0.372 e. The summed E-state index contributed by atoms with van der Waals surface area (Å²) in [6, 6.07) is 42.1. The number of halogens is 9. The SMILES string of the molecule is Cc1cc([C@H](C)OC[C@@]2(c3ccccc3)CC[C@@]3(CCC(=O)N3)CN2)cc(C(F)(F)F)c1.Cc1cc([C@H](C)OC[C@]2(c3ccccc3)CC[C@@]3(CCC(=O)N3)CN2)cc(C(F)(F)F)c1.Cc1cc([C@H](C)OC[C@]2(c3ccccc3)CC[C@]3(CCC(=O)N3)CN2)cc(C(F)(F)F)c1. The number of rotatable bonds is 15. The van der Waals surface area contributed by atoms with E-state index in [1.807, 2.05) is 91.0 Å². The number of nitrogens with one attached hydrogen (secondary N) is 6. The molecule has 3 spiro atoms. The molecule has 6 N–H and O–H groups in total. The maximum atomic E-state index is 13.3. The van der Waals surface area contributed by atoms with Crippen LogP contribution < -0.4 is 31.9 Å². The quantitative estimate of drug-likeness (QED) is 0.0552. The summed E-state index contributed by atoms with van der Waals surface area (Å²) in [5, 5.41) is 20.3. The summed E-state index contributed by atoms with van der Waals surface area (Å²) in [6.45, 7) is 13.2. The maximum absolute atomic E-state index is 13.3. The Morgan fingerprint density at radius 3 is 0.812 bits per heavy atom. The highest BCUT2D eigenvalue weighted by Gasteiger charge is 2.50. The van der Waals surface area contributed by atoms with Crippen molar-refractivity contribution >= 4 is 17.7 Å². The predicted octanol–water partition coefficient (Wildman–Crippen LogP) is 15.1. The molecule has 9 atom stereocenters. The van der Waals surface area contributed by atoms with Crippen LogP contribution in [0.3, 0.4) is 0 Å². The van der Waals surface area contributed by atoms with Gasteiger partial charge in [0.2, 0.25) is 17.7 Å². The van der Waals surface area contributed by atoms with Crippen LogP contribution in [0, 0.1) is 20.8 Å². The number of benzene rings is 6. The third-order valence-corrected chi connectivity index (χ3v) is 20.5. The molecule has 0 saturated carbocycles. The van der Waals surface area contributed by atoms with E-state index in [1.165, 1.54) is 18.2 Å². The van der Waals surface area contributed by atoms with Gasteiger partial charge in [0.1, 0.15) is 0 Å². The summed E-state index contributed by atoms with van der Waals surface area (Å²) in [7, 11) is 0. The number of piperidine rings is 3. The van der Waals surface area contributed by atoms with Gasteiger partial charge in [-0.1, -0.05) is 126 Å². The van der Waals surface area contributed by atoms with Crippen LogP contribution in [0.1, 0.15) is 183 Å². The molecule has 6 aliphatic rings. The minimum absolute atomic E-state index is 0.0869. The summed E-state index contributed by atoms with van der Waals surface area (Å²) in [4.78, 5) is 35.4. The number of hydrogen-bond donors (Lipinski definition) is 6. The second-order valence-corrected chi connectivity index (χ2v) is 27.6. The molecule has 6 aromatic rings. The molecule has 6 fully saturated rings. The van der Waals surface area contributed by atoms with E-state index in [1.54, 1.807) is 59.7 Å². The normalized spacial score (nSPS) is 26.8. The van der Waals surface area contributed by atoms with Crippen LogP contribution in [0.25, 0.3) is 0 Å². The van der Waals surface area contributed by atoms with E-state index in [4.69, 9.17) is 14.2 Å². The van der Waals surface area contributed by atoms with Crippen LogP contribution in [0.4, 0.5) is 39.5 Å². The lowest BCUT2D eigenvalue weighted by Crippen LogP contribution is -2.61. The molecular formula is C75H87F9N6O6. The third-order valence-electron chi connectivity index (χ3n) is 20.5. The molecule has 12 nitrogen and oxygen atoms in total. The van der Waals surface area contributed by atoms with E-state index in [9.17, 15) is 53.9 Å². The zero-order valence-corrected chi connectivity index (χ0v) is 55.2. The van der Waals surface area contributed by atoms with Crippen molar-refractivity contribution in [1.29, 1.82) is 0 Å². The van der Waals surface area contributed by atoms with E-state index in [0.717, 1.165) is 92.7 Å². The number of ether oxygens (including phenoxy) is 3. The lowest BCUT2D eigenvalue weighted by molar-refractivity contribution is -0.138. The molecule has 516 valence electrons. The van der Waals surface area contributed by atoms with Crippen molar-refractivity contribution in [3.05, 3.63) is 212 Å². The van der Waals surface area contributed by atoms with Gasteiger partial charge in [0.15, 0.2) is 0 Å². The second-order valence-electron chi connectivity index (χ2n) is 27.6. The van der Waals surface area contributed by atoms with E-state index in [-0.39, 0.29) is 34.3 Å². The van der Waals surface area contributed by atoms with Gasteiger partial charge >= 0.3 is 18.5 Å². The first-order valence-corrected chi connectivity index (χ1v) is 33.1. The lowest BCUT2D eigenvalue weighted by Gasteiger charge is -2.46. The second kappa shape index (κ2) is 28.7. The molecule has 6 saturated heterocycles. The summed E-state index contributed by atoms with van der Waals surface area (Å²) in [5.74, 6) is 0.261. The Morgan fingerprint density at radius 2 is 0.615 bits per heavy atom. The Hall–Kier alpha value is -7.14. The summed E-state index contributed by atoms with van der Waals surface area (Å²) in [6.07, 6.45) is -5.88. The molecule has 6 heterocycles. The van der Waals surface area contributed by atoms with Gasteiger partial charge in [-0.2, -0.15) is 39.5 Å². The van der Waals surface area contributed by atoms with Gasteiger partial charge in [-0.05, 0) is 169 Å². The fraction of sp³-hybridized carbons (Fsp3) is 0.480.